The predicted molar refractivity (Wildman–Crippen MR) is 57.0 cm³/mol. The summed E-state index contributed by atoms with van der Waals surface area (Å²) in [7, 11) is 0. The van der Waals surface area contributed by atoms with Crippen molar-refractivity contribution in [2.24, 2.45) is 0 Å². The van der Waals surface area contributed by atoms with Crippen LogP contribution in [0.5, 0.6) is 0 Å². The van der Waals surface area contributed by atoms with Gasteiger partial charge in [0.1, 0.15) is 5.82 Å². The molecule has 0 bridgehead atoms. The maximum atomic E-state index is 11.3. The minimum atomic E-state index is -0.630. The summed E-state index contributed by atoms with van der Waals surface area (Å²) >= 11 is 0. The van der Waals surface area contributed by atoms with Gasteiger partial charge in [0.15, 0.2) is 0 Å². The number of carbonyl (C=O) groups is 1. The van der Waals surface area contributed by atoms with Gasteiger partial charge in [-0.1, -0.05) is 0 Å². The molecule has 0 fully saturated rings. The zero-order valence-electron chi connectivity index (χ0n) is 8.86. The van der Waals surface area contributed by atoms with Crippen LogP contribution in [-0.2, 0) is 16.1 Å². The van der Waals surface area contributed by atoms with Crippen LogP contribution in [0.3, 0.4) is 0 Å². The van der Waals surface area contributed by atoms with Crippen molar-refractivity contribution in [3.05, 3.63) is 26.9 Å². The Balaban J connectivity index is 2.79. The molecule has 0 saturated carbocycles. The van der Waals surface area contributed by atoms with Crippen LogP contribution in [0.15, 0.2) is 15.7 Å². The zero-order valence-corrected chi connectivity index (χ0v) is 8.86. The minimum Gasteiger partial charge on any atom is -0.466 e. The van der Waals surface area contributed by atoms with E-state index in [-0.39, 0.29) is 25.4 Å². The third-order valence-electron chi connectivity index (χ3n) is 1.91. The Labute approximate surface area is 90.8 Å². The highest BCUT2D eigenvalue weighted by Gasteiger charge is 2.06. The van der Waals surface area contributed by atoms with Crippen LogP contribution in [0.2, 0.25) is 0 Å². The number of nitrogens with one attached hydrogen (secondary N) is 1. The van der Waals surface area contributed by atoms with Crippen molar-refractivity contribution < 1.29 is 9.53 Å². The van der Waals surface area contributed by atoms with E-state index in [4.69, 9.17) is 10.5 Å². The number of aromatic amines is 1. The van der Waals surface area contributed by atoms with Crippen molar-refractivity contribution in [1.82, 2.24) is 9.55 Å². The maximum Gasteiger partial charge on any atom is 0.329 e. The number of H-pyrrole nitrogens is 1. The van der Waals surface area contributed by atoms with Crippen LogP contribution < -0.4 is 17.0 Å². The normalized spacial score (nSPS) is 10.1. The largest absolute Gasteiger partial charge is 0.466 e. The standard InChI is InChI=1S/C9H13N3O4/c1-2-16-8(14)3-4-12-6(10)5-7(13)11-9(12)15/h5H,2-4,10H2,1H3,(H,11,13,15). The SMILES string of the molecule is CCOC(=O)CCn1c(N)cc(=O)[nH]c1=O. The Bertz CT molecular complexity index is 488. The average molecular weight is 227 g/mol. The lowest BCUT2D eigenvalue weighted by Gasteiger charge is -2.07. The zero-order chi connectivity index (χ0) is 12.1. The van der Waals surface area contributed by atoms with Crippen molar-refractivity contribution in [3.8, 4) is 0 Å². The highest BCUT2D eigenvalue weighted by atomic mass is 16.5. The highest BCUT2D eigenvalue weighted by molar-refractivity contribution is 5.69. The molecule has 0 unspecified atom stereocenters. The molecule has 0 aliphatic rings. The van der Waals surface area contributed by atoms with E-state index in [1.807, 2.05) is 0 Å². The Morgan fingerprint density at radius 1 is 1.56 bits per heavy atom. The summed E-state index contributed by atoms with van der Waals surface area (Å²) in [5.74, 6) is -0.391. The summed E-state index contributed by atoms with van der Waals surface area (Å²) in [6.45, 7) is 2.06. The smallest absolute Gasteiger partial charge is 0.329 e. The second-order valence-electron chi connectivity index (χ2n) is 3.07. The number of ether oxygens (including phenoxy) is 1. The first-order valence-corrected chi connectivity index (χ1v) is 4.80. The molecule has 1 aromatic heterocycles. The predicted octanol–water partition coefficient (Wildman–Crippen LogP) is -0.928. The van der Waals surface area contributed by atoms with Gasteiger partial charge in [0.25, 0.3) is 5.56 Å². The lowest BCUT2D eigenvalue weighted by molar-refractivity contribution is -0.143. The molecular formula is C9H13N3O4. The number of anilines is 1. The molecule has 88 valence electrons. The van der Waals surface area contributed by atoms with E-state index >= 15 is 0 Å². The number of nitrogens with zero attached hydrogens (tertiary/aromatic N) is 1. The molecular weight excluding hydrogens is 214 g/mol. The summed E-state index contributed by atoms with van der Waals surface area (Å²) in [6.07, 6.45) is 0.0317. The van der Waals surface area contributed by atoms with Crippen molar-refractivity contribution in [3.63, 3.8) is 0 Å². The van der Waals surface area contributed by atoms with Gasteiger partial charge in [0, 0.05) is 12.6 Å². The summed E-state index contributed by atoms with van der Waals surface area (Å²) < 4.78 is 5.81. The molecule has 1 heterocycles. The van der Waals surface area contributed by atoms with Gasteiger partial charge in [0.2, 0.25) is 0 Å². The fraction of sp³-hybridized carbons (Fsp3) is 0.444. The number of rotatable bonds is 4. The molecule has 0 aliphatic heterocycles. The fourth-order valence-corrected chi connectivity index (χ4v) is 1.21. The molecule has 0 atom stereocenters. The summed E-state index contributed by atoms with van der Waals surface area (Å²) in [5, 5.41) is 0. The van der Waals surface area contributed by atoms with Crippen molar-refractivity contribution >= 4 is 11.8 Å². The van der Waals surface area contributed by atoms with Crippen LogP contribution >= 0.6 is 0 Å². The summed E-state index contributed by atoms with van der Waals surface area (Å²) in [6, 6.07) is 1.09. The Hall–Kier alpha value is -2.05. The van der Waals surface area contributed by atoms with Crippen molar-refractivity contribution in [2.75, 3.05) is 12.3 Å². The number of aromatic nitrogens is 2. The molecule has 16 heavy (non-hydrogen) atoms. The topological polar surface area (TPSA) is 107 Å². The van der Waals surface area contributed by atoms with Gasteiger partial charge in [-0.25, -0.2) is 4.79 Å². The van der Waals surface area contributed by atoms with Crippen LogP contribution in [0.25, 0.3) is 0 Å². The van der Waals surface area contributed by atoms with Crippen molar-refractivity contribution in [2.45, 2.75) is 19.9 Å². The molecule has 0 radical (unpaired) electrons. The van der Waals surface area contributed by atoms with E-state index in [0.29, 0.717) is 0 Å². The first-order chi connectivity index (χ1) is 7.54. The van der Waals surface area contributed by atoms with Crippen LogP contribution in [0.1, 0.15) is 13.3 Å². The molecule has 1 rings (SSSR count). The Morgan fingerprint density at radius 3 is 2.81 bits per heavy atom. The third kappa shape index (κ3) is 2.97. The third-order valence-corrected chi connectivity index (χ3v) is 1.91. The molecule has 7 nitrogen and oxygen atoms in total. The molecule has 0 aliphatic carbocycles. The number of nitrogen functional groups attached to an aromatic ring is 1. The Morgan fingerprint density at radius 2 is 2.25 bits per heavy atom. The van der Waals surface area contributed by atoms with E-state index < -0.39 is 17.2 Å². The van der Waals surface area contributed by atoms with E-state index in [1.165, 1.54) is 0 Å². The number of hydrogen-bond acceptors (Lipinski definition) is 5. The first kappa shape index (κ1) is 12.0. The van der Waals surface area contributed by atoms with Gasteiger partial charge in [-0.05, 0) is 6.92 Å². The molecule has 3 N–H and O–H groups in total. The van der Waals surface area contributed by atoms with Gasteiger partial charge in [-0.3, -0.25) is 19.1 Å². The van der Waals surface area contributed by atoms with Crippen LogP contribution in [0, 0.1) is 0 Å². The lowest BCUT2D eigenvalue weighted by Crippen LogP contribution is -2.32. The van der Waals surface area contributed by atoms with E-state index in [0.717, 1.165) is 10.6 Å². The number of hydrogen-bond donors (Lipinski definition) is 2. The number of nitrogens with two attached hydrogens (primary N) is 1. The molecule has 0 spiro atoms. The fourth-order valence-electron chi connectivity index (χ4n) is 1.21. The van der Waals surface area contributed by atoms with Gasteiger partial charge >= 0.3 is 11.7 Å². The van der Waals surface area contributed by atoms with E-state index in [1.54, 1.807) is 6.92 Å². The van der Waals surface area contributed by atoms with Crippen LogP contribution in [0.4, 0.5) is 5.82 Å². The van der Waals surface area contributed by atoms with E-state index in [2.05, 4.69) is 4.98 Å². The quantitative estimate of drug-likeness (QED) is 0.646. The number of esters is 1. The Kier molecular flexibility index (Phi) is 3.87. The summed E-state index contributed by atoms with van der Waals surface area (Å²) in [4.78, 5) is 35.3. The maximum absolute atomic E-state index is 11.3. The minimum absolute atomic E-state index is 0.0260. The van der Waals surface area contributed by atoms with E-state index in [9.17, 15) is 14.4 Å². The molecule has 1 aromatic rings. The summed E-state index contributed by atoms with van der Waals surface area (Å²) in [5.41, 5.74) is 4.28. The second-order valence-corrected chi connectivity index (χ2v) is 3.07. The average Bonchev–Trinajstić information content (AvgIpc) is 2.16. The van der Waals surface area contributed by atoms with Gasteiger partial charge in [-0.15, -0.1) is 0 Å². The van der Waals surface area contributed by atoms with Crippen molar-refractivity contribution in [1.29, 1.82) is 0 Å². The first-order valence-electron chi connectivity index (χ1n) is 4.80. The molecule has 0 aromatic carbocycles. The highest BCUT2D eigenvalue weighted by Crippen LogP contribution is 1.96. The lowest BCUT2D eigenvalue weighted by atomic mass is 10.4. The van der Waals surface area contributed by atoms with Gasteiger partial charge in [-0.2, -0.15) is 0 Å². The molecule has 7 heteroatoms. The van der Waals surface area contributed by atoms with Gasteiger partial charge in [0.05, 0.1) is 13.0 Å². The molecule has 0 saturated heterocycles. The van der Waals surface area contributed by atoms with Crippen LogP contribution in [-0.4, -0.2) is 22.1 Å². The second kappa shape index (κ2) is 5.15. The molecule has 0 amide bonds. The monoisotopic (exact) mass is 227 g/mol. The number of carbonyl (C=O) groups excluding carboxylic acids is 1. The van der Waals surface area contributed by atoms with Gasteiger partial charge < -0.3 is 10.5 Å².